The third kappa shape index (κ3) is 2.44. The van der Waals surface area contributed by atoms with Gasteiger partial charge in [0.2, 0.25) is 0 Å². The van der Waals surface area contributed by atoms with Crippen LogP contribution in [0.3, 0.4) is 0 Å². The van der Waals surface area contributed by atoms with E-state index in [1.54, 1.807) is 30.3 Å². The van der Waals surface area contributed by atoms with E-state index in [-0.39, 0.29) is 0 Å². The summed E-state index contributed by atoms with van der Waals surface area (Å²) in [5.74, 6) is 0.942. The van der Waals surface area contributed by atoms with E-state index in [1.165, 1.54) is 7.11 Å². The third-order valence-corrected chi connectivity index (χ3v) is 2.98. The molecule has 0 atom stereocenters. The van der Waals surface area contributed by atoms with E-state index in [9.17, 15) is 0 Å². The summed E-state index contributed by atoms with van der Waals surface area (Å²) in [6.07, 6.45) is 0. The van der Waals surface area contributed by atoms with E-state index in [0.29, 0.717) is 28.8 Å². The van der Waals surface area contributed by atoms with Gasteiger partial charge in [-0.1, -0.05) is 0 Å². The van der Waals surface area contributed by atoms with Crippen molar-refractivity contribution in [1.82, 2.24) is 9.97 Å². The first-order valence-corrected chi connectivity index (χ1v) is 6.21. The number of anilines is 1. The maximum absolute atomic E-state index is 8.88. The zero-order valence-electron chi connectivity index (χ0n) is 11.3. The quantitative estimate of drug-likeness (QED) is 0.719. The number of ether oxygens (including phenoxy) is 2. The Labute approximate surface area is 120 Å². The normalized spacial score (nSPS) is 10.3. The molecule has 3 rings (SSSR count). The molecule has 2 aromatic carbocycles. The molecular weight excluding hydrogens is 268 g/mol. The molecule has 0 radical (unpaired) electrons. The van der Waals surface area contributed by atoms with Crippen LogP contribution >= 0.6 is 0 Å². The number of rotatable bonds is 3. The van der Waals surface area contributed by atoms with Gasteiger partial charge in [-0.3, -0.25) is 0 Å². The molecule has 1 heterocycles. The molecule has 1 aromatic heterocycles. The van der Waals surface area contributed by atoms with Gasteiger partial charge in [-0.15, -0.1) is 0 Å². The molecule has 3 N–H and O–H groups in total. The summed E-state index contributed by atoms with van der Waals surface area (Å²) < 4.78 is 10.9. The van der Waals surface area contributed by atoms with Crippen molar-refractivity contribution in [2.75, 3.05) is 12.8 Å². The predicted molar refractivity (Wildman–Crippen MR) is 78.3 cm³/mol. The lowest BCUT2D eigenvalue weighted by atomic mass is 10.2. The summed E-state index contributed by atoms with van der Waals surface area (Å²) >= 11 is 0. The number of hydrogen-bond donors (Lipinski definition) is 2. The molecule has 6 heteroatoms. The van der Waals surface area contributed by atoms with Crippen LogP contribution in [0.4, 0.5) is 5.69 Å². The molecule has 0 bridgehead atoms. The lowest BCUT2D eigenvalue weighted by molar-refractivity contribution is 0.370. The molecule has 0 aliphatic carbocycles. The van der Waals surface area contributed by atoms with E-state index >= 15 is 0 Å². The fourth-order valence-corrected chi connectivity index (χ4v) is 1.98. The number of nitrogens with two attached hydrogens (primary N) is 1. The largest absolute Gasteiger partial charge is 0.493 e. The van der Waals surface area contributed by atoms with Crippen molar-refractivity contribution in [2.24, 2.45) is 0 Å². The van der Waals surface area contributed by atoms with Crippen LogP contribution in [-0.2, 0) is 0 Å². The van der Waals surface area contributed by atoms with E-state index in [4.69, 9.17) is 20.5 Å². The molecule has 104 valence electrons. The van der Waals surface area contributed by atoms with Crippen LogP contribution in [0.5, 0.6) is 17.5 Å². The van der Waals surface area contributed by atoms with Crippen molar-refractivity contribution < 1.29 is 9.47 Å². The Hall–Kier alpha value is -3.20. The van der Waals surface area contributed by atoms with Crippen LogP contribution in [0.25, 0.3) is 11.0 Å². The minimum Gasteiger partial charge on any atom is -0.493 e. The van der Waals surface area contributed by atoms with Crippen LogP contribution in [0.1, 0.15) is 5.56 Å². The number of benzene rings is 2. The first kappa shape index (κ1) is 12.8. The lowest BCUT2D eigenvalue weighted by Gasteiger charge is -2.07. The molecule has 0 amide bonds. The molecule has 0 spiro atoms. The van der Waals surface area contributed by atoms with E-state index < -0.39 is 0 Å². The van der Waals surface area contributed by atoms with Crippen molar-refractivity contribution in [1.29, 1.82) is 5.26 Å². The number of methoxy groups -OCH3 is 1. The number of aromatic nitrogens is 2. The average Bonchev–Trinajstić information content (AvgIpc) is 2.89. The van der Waals surface area contributed by atoms with Gasteiger partial charge in [-0.25, -0.2) is 0 Å². The van der Waals surface area contributed by atoms with Crippen molar-refractivity contribution in [3.63, 3.8) is 0 Å². The van der Waals surface area contributed by atoms with Crippen molar-refractivity contribution in [3.8, 4) is 23.6 Å². The van der Waals surface area contributed by atoms with Gasteiger partial charge in [-0.2, -0.15) is 10.2 Å². The Morgan fingerprint density at radius 1 is 1.19 bits per heavy atom. The Morgan fingerprint density at radius 2 is 2.05 bits per heavy atom. The van der Waals surface area contributed by atoms with Crippen LogP contribution in [-0.4, -0.2) is 17.1 Å². The topological polar surface area (TPSA) is 96.9 Å². The highest BCUT2D eigenvalue weighted by Gasteiger charge is 2.10. The van der Waals surface area contributed by atoms with Gasteiger partial charge in [0, 0.05) is 11.8 Å². The number of imidazole rings is 1. The molecule has 0 aliphatic rings. The van der Waals surface area contributed by atoms with Crippen LogP contribution < -0.4 is 15.2 Å². The summed E-state index contributed by atoms with van der Waals surface area (Å²) in [6, 6.07) is 12.7. The molecule has 0 unspecified atom stereocenters. The zero-order chi connectivity index (χ0) is 14.8. The number of fused-ring (bicyclic) bond motifs is 1. The second-order valence-corrected chi connectivity index (χ2v) is 4.40. The Morgan fingerprint density at radius 3 is 2.81 bits per heavy atom. The highest BCUT2D eigenvalue weighted by Crippen LogP contribution is 2.32. The lowest BCUT2D eigenvalue weighted by Crippen LogP contribution is -1.92. The van der Waals surface area contributed by atoms with E-state index in [2.05, 4.69) is 9.97 Å². The average molecular weight is 280 g/mol. The van der Waals surface area contributed by atoms with E-state index in [0.717, 1.165) is 11.0 Å². The van der Waals surface area contributed by atoms with Crippen molar-refractivity contribution in [3.05, 3.63) is 42.0 Å². The standard InChI is InChI=1S/C15H12N4O2/c1-20-14-6-9(8-16)2-5-13(14)21-15-18-11-4-3-10(17)7-12(11)19-15/h2-7H,17H2,1H3,(H,18,19). The van der Waals surface area contributed by atoms with Gasteiger partial charge in [0.15, 0.2) is 11.5 Å². The molecule has 0 saturated heterocycles. The Kier molecular flexibility index (Phi) is 3.09. The van der Waals surface area contributed by atoms with Gasteiger partial charge in [0.25, 0.3) is 6.01 Å². The molecular formula is C15H12N4O2. The Balaban J connectivity index is 1.96. The summed E-state index contributed by atoms with van der Waals surface area (Å²) in [5, 5.41) is 8.88. The number of aromatic amines is 1. The maximum atomic E-state index is 8.88. The number of hydrogen-bond acceptors (Lipinski definition) is 5. The minimum atomic E-state index is 0.332. The first-order chi connectivity index (χ1) is 10.2. The number of H-pyrrole nitrogens is 1. The second kappa shape index (κ2) is 5.06. The number of nitrogens with zero attached hydrogens (tertiary/aromatic N) is 2. The van der Waals surface area contributed by atoms with Gasteiger partial charge < -0.3 is 20.2 Å². The smallest absolute Gasteiger partial charge is 0.300 e. The fourth-order valence-electron chi connectivity index (χ4n) is 1.98. The summed E-state index contributed by atoms with van der Waals surface area (Å²) in [6.45, 7) is 0. The SMILES string of the molecule is COc1cc(C#N)ccc1Oc1nc2ccc(N)cc2[nH]1. The van der Waals surface area contributed by atoms with E-state index in [1.807, 2.05) is 12.1 Å². The summed E-state index contributed by atoms with van der Waals surface area (Å²) in [7, 11) is 1.52. The number of nitriles is 1. The van der Waals surface area contributed by atoms with Gasteiger partial charge in [-0.05, 0) is 30.3 Å². The predicted octanol–water partition coefficient (Wildman–Crippen LogP) is 2.82. The molecule has 6 nitrogen and oxygen atoms in total. The monoisotopic (exact) mass is 280 g/mol. The van der Waals surface area contributed by atoms with Crippen LogP contribution in [0.2, 0.25) is 0 Å². The minimum absolute atomic E-state index is 0.332. The maximum Gasteiger partial charge on any atom is 0.300 e. The highest BCUT2D eigenvalue weighted by atomic mass is 16.5. The van der Waals surface area contributed by atoms with Crippen LogP contribution in [0.15, 0.2) is 36.4 Å². The third-order valence-electron chi connectivity index (χ3n) is 2.98. The summed E-state index contributed by atoms with van der Waals surface area (Å²) in [5.41, 5.74) is 8.41. The van der Waals surface area contributed by atoms with Crippen LogP contribution in [0, 0.1) is 11.3 Å². The van der Waals surface area contributed by atoms with Crippen molar-refractivity contribution >= 4 is 16.7 Å². The highest BCUT2D eigenvalue weighted by molar-refractivity contribution is 5.79. The molecule has 0 saturated carbocycles. The second-order valence-electron chi connectivity index (χ2n) is 4.40. The summed E-state index contributed by atoms with van der Waals surface area (Å²) in [4.78, 5) is 7.34. The molecule has 0 aliphatic heterocycles. The molecule has 0 fully saturated rings. The van der Waals surface area contributed by atoms with Gasteiger partial charge in [0.05, 0.1) is 29.8 Å². The fraction of sp³-hybridized carbons (Fsp3) is 0.0667. The van der Waals surface area contributed by atoms with Gasteiger partial charge >= 0.3 is 0 Å². The Bertz CT molecular complexity index is 848. The first-order valence-electron chi connectivity index (χ1n) is 6.21. The molecule has 21 heavy (non-hydrogen) atoms. The van der Waals surface area contributed by atoms with Gasteiger partial charge in [0.1, 0.15) is 0 Å². The number of nitrogen functional groups attached to an aromatic ring is 1. The van der Waals surface area contributed by atoms with Crippen molar-refractivity contribution in [2.45, 2.75) is 0 Å². The zero-order valence-corrected chi connectivity index (χ0v) is 11.3. The number of nitrogens with one attached hydrogen (secondary N) is 1. The molecule has 3 aromatic rings.